The molecule has 0 amide bonds. The first kappa shape index (κ1) is 23.8. The molecular weight excluding hydrogens is 439 g/mol. The van der Waals surface area contributed by atoms with E-state index in [9.17, 15) is 5.11 Å². The normalized spacial score (nSPS) is 26.9. The summed E-state index contributed by atoms with van der Waals surface area (Å²) in [6.45, 7) is 5.22. The monoisotopic (exact) mass is 472 g/mol. The van der Waals surface area contributed by atoms with Crippen molar-refractivity contribution in [2.45, 2.75) is 37.7 Å². The van der Waals surface area contributed by atoms with Crippen LogP contribution >= 0.6 is 23.2 Å². The Balaban J connectivity index is 1.69. The number of nitrogens with zero attached hydrogens (tertiary/aromatic N) is 2. The molecule has 32 heavy (non-hydrogen) atoms. The van der Waals surface area contributed by atoms with Crippen LogP contribution in [-0.2, 0) is 6.42 Å². The van der Waals surface area contributed by atoms with Crippen molar-refractivity contribution in [3.05, 3.63) is 75.3 Å². The number of hydrogen-bond acceptors (Lipinski definition) is 3. The number of halogens is 2. The van der Waals surface area contributed by atoms with Crippen LogP contribution in [0.15, 0.2) is 54.1 Å². The summed E-state index contributed by atoms with van der Waals surface area (Å²) >= 11 is 12.7. The summed E-state index contributed by atoms with van der Waals surface area (Å²) in [5, 5.41) is 13.9. The van der Waals surface area contributed by atoms with Crippen LogP contribution in [0.2, 0.25) is 10.0 Å². The number of aliphatic hydroxyl groups is 1. The molecule has 3 nitrogen and oxygen atoms in total. The third kappa shape index (κ3) is 5.76. The fraction of sp³-hybridized carbons (Fsp3) is 0.481. The molecule has 1 heterocycles. The van der Waals surface area contributed by atoms with E-state index in [1.54, 1.807) is 0 Å². The molecule has 1 saturated heterocycles. The minimum atomic E-state index is -0.926. The van der Waals surface area contributed by atoms with Gasteiger partial charge >= 0.3 is 0 Å². The van der Waals surface area contributed by atoms with Crippen LogP contribution in [0.25, 0.3) is 6.08 Å². The third-order valence-electron chi connectivity index (χ3n) is 7.18. The van der Waals surface area contributed by atoms with Gasteiger partial charge in [-0.25, -0.2) is 0 Å². The van der Waals surface area contributed by atoms with Gasteiger partial charge in [0.05, 0.1) is 5.60 Å². The molecule has 1 N–H and O–H groups in total. The van der Waals surface area contributed by atoms with E-state index in [0.29, 0.717) is 6.42 Å². The third-order valence-corrected chi connectivity index (χ3v) is 7.80. The Hall–Kier alpha value is -1.36. The van der Waals surface area contributed by atoms with Gasteiger partial charge < -0.3 is 14.9 Å². The average Bonchev–Trinajstić information content (AvgIpc) is 2.92. The molecule has 2 aromatic rings. The van der Waals surface area contributed by atoms with Crippen LogP contribution in [0.3, 0.4) is 0 Å². The van der Waals surface area contributed by atoms with Crippen molar-refractivity contribution in [3.63, 3.8) is 0 Å². The maximum absolute atomic E-state index is 12.5. The van der Waals surface area contributed by atoms with Crippen molar-refractivity contribution in [2.75, 3.05) is 39.8 Å². The zero-order chi connectivity index (χ0) is 22.6. The van der Waals surface area contributed by atoms with Crippen molar-refractivity contribution in [1.29, 1.82) is 0 Å². The van der Waals surface area contributed by atoms with Crippen molar-refractivity contribution >= 4 is 29.3 Å². The standard InChI is InChI=1S/C27H34Cl2N2O/c1-30-14-16-31(17-15-30)20-24-8-4-3-7-23(18-21-10-12-25(28)13-11-21)27(24,32)19-22-6-2-5-9-26(22)29/h2,5-6,9-13,18,24,32H,3-4,7-8,14-17,19-20H2,1H3/b23-18-. The Morgan fingerprint density at radius 1 is 1.00 bits per heavy atom. The Bertz CT molecular complexity index is 922. The first-order valence-corrected chi connectivity index (χ1v) is 12.5. The molecule has 5 heteroatoms. The quantitative estimate of drug-likeness (QED) is 0.557. The van der Waals surface area contributed by atoms with E-state index in [1.807, 2.05) is 42.5 Å². The largest absolute Gasteiger partial charge is 0.385 e. The van der Waals surface area contributed by atoms with Gasteiger partial charge in [0.15, 0.2) is 0 Å². The average molecular weight is 473 g/mol. The first-order valence-electron chi connectivity index (χ1n) is 11.8. The Morgan fingerprint density at radius 2 is 1.72 bits per heavy atom. The number of benzene rings is 2. The van der Waals surface area contributed by atoms with Gasteiger partial charge in [0.2, 0.25) is 0 Å². The van der Waals surface area contributed by atoms with Gasteiger partial charge in [0, 0.05) is 55.1 Å². The van der Waals surface area contributed by atoms with Crippen LogP contribution in [0.4, 0.5) is 0 Å². The lowest BCUT2D eigenvalue weighted by molar-refractivity contribution is -0.00642. The van der Waals surface area contributed by atoms with E-state index in [2.05, 4.69) is 29.0 Å². The van der Waals surface area contributed by atoms with E-state index < -0.39 is 5.60 Å². The fourth-order valence-corrected chi connectivity index (χ4v) is 5.48. The van der Waals surface area contributed by atoms with Crippen LogP contribution in [-0.4, -0.2) is 60.3 Å². The molecule has 0 aromatic heterocycles. The van der Waals surface area contributed by atoms with Gasteiger partial charge in [-0.1, -0.05) is 66.0 Å². The number of hydrogen-bond donors (Lipinski definition) is 1. The SMILES string of the molecule is CN1CCN(CC2CCCC/C(=C/c3ccc(Cl)cc3)C2(O)Cc2ccccc2Cl)CC1. The molecule has 0 bridgehead atoms. The fourth-order valence-electron chi connectivity index (χ4n) is 5.16. The number of rotatable bonds is 5. The van der Waals surface area contributed by atoms with E-state index >= 15 is 0 Å². The number of likely N-dealkylation sites (N-methyl/N-ethyl adjacent to an activating group) is 1. The highest BCUT2D eigenvalue weighted by Gasteiger charge is 2.42. The summed E-state index contributed by atoms with van der Waals surface area (Å²) in [5.74, 6) is 0.170. The Morgan fingerprint density at radius 3 is 2.44 bits per heavy atom. The van der Waals surface area contributed by atoms with E-state index in [0.717, 1.165) is 85.2 Å². The highest BCUT2D eigenvalue weighted by Crippen LogP contribution is 2.41. The van der Waals surface area contributed by atoms with Gasteiger partial charge in [-0.05, 0) is 61.2 Å². The smallest absolute Gasteiger partial charge is 0.0940 e. The summed E-state index contributed by atoms with van der Waals surface area (Å²) in [4.78, 5) is 4.92. The number of piperazine rings is 1. The highest BCUT2D eigenvalue weighted by molar-refractivity contribution is 6.31. The molecule has 2 aromatic carbocycles. The maximum atomic E-state index is 12.5. The predicted molar refractivity (Wildman–Crippen MR) is 135 cm³/mol. The molecule has 1 aliphatic heterocycles. The molecule has 172 valence electrons. The minimum absolute atomic E-state index is 0.170. The topological polar surface area (TPSA) is 26.7 Å². The van der Waals surface area contributed by atoms with E-state index in [-0.39, 0.29) is 5.92 Å². The zero-order valence-corrected chi connectivity index (χ0v) is 20.5. The van der Waals surface area contributed by atoms with Crippen LogP contribution < -0.4 is 0 Å². The van der Waals surface area contributed by atoms with Crippen molar-refractivity contribution in [2.24, 2.45) is 5.92 Å². The lowest BCUT2D eigenvalue weighted by Crippen LogP contribution is -2.51. The van der Waals surface area contributed by atoms with Gasteiger partial charge in [0.25, 0.3) is 0 Å². The molecule has 1 aliphatic carbocycles. The summed E-state index contributed by atoms with van der Waals surface area (Å²) < 4.78 is 0. The van der Waals surface area contributed by atoms with Gasteiger partial charge in [0.1, 0.15) is 0 Å². The predicted octanol–water partition coefficient (Wildman–Crippen LogP) is 5.79. The second kappa shape index (κ2) is 10.7. The molecule has 1 saturated carbocycles. The summed E-state index contributed by atoms with van der Waals surface area (Å²) in [7, 11) is 2.18. The molecule has 2 fully saturated rings. The zero-order valence-electron chi connectivity index (χ0n) is 18.9. The Labute approximate surface area is 202 Å². The van der Waals surface area contributed by atoms with Crippen molar-refractivity contribution < 1.29 is 5.11 Å². The molecule has 2 aliphatic rings. The maximum Gasteiger partial charge on any atom is 0.0940 e. The second-order valence-electron chi connectivity index (χ2n) is 9.46. The minimum Gasteiger partial charge on any atom is -0.385 e. The lowest BCUT2D eigenvalue weighted by Gasteiger charge is -2.42. The van der Waals surface area contributed by atoms with Crippen LogP contribution in [0.5, 0.6) is 0 Å². The van der Waals surface area contributed by atoms with Crippen LogP contribution in [0.1, 0.15) is 36.8 Å². The molecule has 2 unspecified atom stereocenters. The van der Waals surface area contributed by atoms with Gasteiger partial charge in [-0.2, -0.15) is 0 Å². The first-order chi connectivity index (χ1) is 15.4. The molecule has 0 radical (unpaired) electrons. The molecule has 2 atom stereocenters. The van der Waals surface area contributed by atoms with E-state index in [1.165, 1.54) is 0 Å². The van der Waals surface area contributed by atoms with E-state index in [4.69, 9.17) is 23.2 Å². The molecule has 4 rings (SSSR count). The summed E-state index contributed by atoms with van der Waals surface area (Å²) in [6.07, 6.45) is 6.92. The summed E-state index contributed by atoms with van der Waals surface area (Å²) in [5.41, 5.74) is 2.30. The van der Waals surface area contributed by atoms with Crippen LogP contribution in [0, 0.1) is 5.92 Å². The molecular formula is C27H34Cl2N2O. The second-order valence-corrected chi connectivity index (χ2v) is 10.3. The lowest BCUT2D eigenvalue weighted by atomic mass is 9.74. The Kier molecular flexibility index (Phi) is 7.96. The van der Waals surface area contributed by atoms with Gasteiger partial charge in [-0.15, -0.1) is 0 Å². The van der Waals surface area contributed by atoms with Crippen molar-refractivity contribution in [1.82, 2.24) is 9.80 Å². The van der Waals surface area contributed by atoms with Gasteiger partial charge in [-0.3, -0.25) is 0 Å². The summed E-state index contributed by atoms with van der Waals surface area (Å²) in [6, 6.07) is 15.8. The molecule has 0 spiro atoms. The highest BCUT2D eigenvalue weighted by atomic mass is 35.5. The van der Waals surface area contributed by atoms with Crippen molar-refractivity contribution in [3.8, 4) is 0 Å².